The number of esters is 1. The molecular formula is C24H24O3. The quantitative estimate of drug-likeness (QED) is 0.639. The average molecular weight is 360 g/mol. The number of ether oxygens (including phenoxy) is 1. The molecule has 3 nitrogen and oxygen atoms in total. The molecule has 3 heteroatoms. The number of aryl methyl sites for hydroxylation is 1. The lowest BCUT2D eigenvalue weighted by atomic mass is 9.82. The van der Waals surface area contributed by atoms with Gasteiger partial charge in [-0.1, -0.05) is 84.4 Å². The minimum Gasteiger partial charge on any atom is -0.466 e. The minimum absolute atomic E-state index is 0.130. The molecule has 3 aromatic carbocycles. The zero-order valence-electron chi connectivity index (χ0n) is 15.7. The molecule has 0 saturated carbocycles. The summed E-state index contributed by atoms with van der Waals surface area (Å²) in [6.07, 6.45) is -0.130. The van der Waals surface area contributed by atoms with E-state index in [1.807, 2.05) is 85.8 Å². The van der Waals surface area contributed by atoms with Crippen molar-refractivity contribution < 1.29 is 14.6 Å². The predicted octanol–water partition coefficient (Wildman–Crippen LogP) is 4.85. The average Bonchev–Trinajstić information content (AvgIpc) is 2.69. The highest BCUT2D eigenvalue weighted by molar-refractivity contribution is 5.72. The summed E-state index contributed by atoms with van der Waals surface area (Å²) < 4.78 is 5.10. The van der Waals surface area contributed by atoms with Crippen LogP contribution in [0.3, 0.4) is 0 Å². The molecule has 3 aromatic rings. The summed E-state index contributed by atoms with van der Waals surface area (Å²) >= 11 is 0. The lowest BCUT2D eigenvalue weighted by Crippen LogP contribution is -2.31. The lowest BCUT2D eigenvalue weighted by molar-refractivity contribution is -0.147. The predicted molar refractivity (Wildman–Crippen MR) is 107 cm³/mol. The summed E-state index contributed by atoms with van der Waals surface area (Å²) in [5, 5.41) is 11.5. The maximum absolute atomic E-state index is 12.2. The van der Waals surface area contributed by atoms with E-state index < -0.39 is 11.6 Å². The van der Waals surface area contributed by atoms with Crippen LogP contribution in [0.1, 0.15) is 30.0 Å². The van der Waals surface area contributed by atoms with Crippen molar-refractivity contribution in [2.24, 2.45) is 0 Å². The van der Waals surface area contributed by atoms with Crippen LogP contribution >= 0.6 is 0 Å². The lowest BCUT2D eigenvalue weighted by Gasteiger charge is -2.29. The SMILES string of the molecule is CCOC(=O)CC(O)(c1ccc(C)cc1)c1ccc(-c2ccccc2)cc1. The highest BCUT2D eigenvalue weighted by Gasteiger charge is 2.35. The summed E-state index contributed by atoms with van der Waals surface area (Å²) in [4.78, 5) is 12.2. The van der Waals surface area contributed by atoms with Crippen molar-refractivity contribution in [3.63, 3.8) is 0 Å². The molecule has 0 aliphatic rings. The standard InChI is InChI=1S/C24H24O3/c1-3-27-23(25)17-24(26,21-13-9-18(2)10-14-21)22-15-11-20(12-16-22)19-7-5-4-6-8-19/h4-16,26H,3,17H2,1-2H3. The first kappa shape index (κ1) is 18.9. The van der Waals surface area contributed by atoms with Crippen LogP contribution in [0.15, 0.2) is 78.9 Å². The third-order valence-electron chi connectivity index (χ3n) is 4.70. The summed E-state index contributed by atoms with van der Waals surface area (Å²) in [5.74, 6) is -0.423. The monoisotopic (exact) mass is 360 g/mol. The molecule has 1 atom stereocenters. The Morgan fingerprint density at radius 2 is 1.37 bits per heavy atom. The van der Waals surface area contributed by atoms with E-state index in [0.717, 1.165) is 16.7 Å². The first-order chi connectivity index (χ1) is 13.0. The van der Waals surface area contributed by atoms with Gasteiger partial charge in [-0.2, -0.15) is 0 Å². The van der Waals surface area contributed by atoms with Gasteiger partial charge in [-0.05, 0) is 36.1 Å². The second-order valence-corrected chi connectivity index (χ2v) is 6.65. The van der Waals surface area contributed by atoms with Crippen molar-refractivity contribution in [3.8, 4) is 11.1 Å². The van der Waals surface area contributed by atoms with Gasteiger partial charge in [0.1, 0.15) is 5.60 Å². The van der Waals surface area contributed by atoms with Crippen molar-refractivity contribution in [1.82, 2.24) is 0 Å². The fourth-order valence-corrected chi connectivity index (χ4v) is 3.19. The summed E-state index contributed by atoms with van der Waals surface area (Å²) in [5.41, 5.74) is 3.16. The molecule has 3 rings (SSSR count). The summed E-state index contributed by atoms with van der Waals surface area (Å²) in [6, 6.07) is 25.3. The van der Waals surface area contributed by atoms with Crippen LogP contribution in [0.2, 0.25) is 0 Å². The summed E-state index contributed by atoms with van der Waals surface area (Å²) in [6.45, 7) is 4.04. The van der Waals surface area contributed by atoms with Gasteiger partial charge in [0.25, 0.3) is 0 Å². The van der Waals surface area contributed by atoms with Crippen LogP contribution in [-0.2, 0) is 15.1 Å². The molecule has 0 bridgehead atoms. The molecule has 0 spiro atoms. The molecule has 138 valence electrons. The van der Waals surface area contributed by atoms with Gasteiger partial charge in [-0.15, -0.1) is 0 Å². The maximum atomic E-state index is 12.2. The second kappa shape index (κ2) is 8.19. The van der Waals surface area contributed by atoms with Gasteiger partial charge in [0.05, 0.1) is 13.0 Å². The van der Waals surface area contributed by atoms with Crippen molar-refractivity contribution in [2.45, 2.75) is 25.9 Å². The fourth-order valence-electron chi connectivity index (χ4n) is 3.19. The Balaban J connectivity index is 1.99. The molecule has 0 saturated heterocycles. The Labute approximate surface area is 160 Å². The van der Waals surface area contributed by atoms with Crippen LogP contribution in [0, 0.1) is 6.92 Å². The van der Waals surface area contributed by atoms with E-state index in [-0.39, 0.29) is 13.0 Å². The number of hydrogen-bond acceptors (Lipinski definition) is 3. The highest BCUT2D eigenvalue weighted by Crippen LogP contribution is 2.35. The summed E-state index contributed by atoms with van der Waals surface area (Å²) in [7, 11) is 0. The number of rotatable bonds is 6. The molecule has 0 aromatic heterocycles. The van der Waals surface area contributed by atoms with Gasteiger partial charge in [0, 0.05) is 0 Å². The topological polar surface area (TPSA) is 46.5 Å². The van der Waals surface area contributed by atoms with E-state index >= 15 is 0 Å². The van der Waals surface area contributed by atoms with E-state index in [9.17, 15) is 9.90 Å². The number of carbonyl (C=O) groups excluding carboxylic acids is 1. The smallest absolute Gasteiger partial charge is 0.309 e. The Morgan fingerprint density at radius 3 is 1.93 bits per heavy atom. The Morgan fingerprint density at radius 1 is 0.852 bits per heavy atom. The molecule has 1 N–H and O–H groups in total. The van der Waals surface area contributed by atoms with Crippen molar-refractivity contribution in [3.05, 3.63) is 95.6 Å². The molecule has 0 amide bonds. The third kappa shape index (κ3) is 4.26. The Kier molecular flexibility index (Phi) is 5.72. The van der Waals surface area contributed by atoms with Crippen molar-refractivity contribution in [2.75, 3.05) is 6.61 Å². The van der Waals surface area contributed by atoms with E-state index in [0.29, 0.717) is 11.1 Å². The highest BCUT2D eigenvalue weighted by atomic mass is 16.5. The zero-order valence-corrected chi connectivity index (χ0v) is 15.7. The van der Waals surface area contributed by atoms with Crippen LogP contribution in [0.25, 0.3) is 11.1 Å². The molecule has 0 fully saturated rings. The minimum atomic E-state index is -1.44. The van der Waals surface area contributed by atoms with E-state index in [1.165, 1.54) is 0 Å². The van der Waals surface area contributed by atoms with Gasteiger partial charge in [-0.3, -0.25) is 4.79 Å². The van der Waals surface area contributed by atoms with Crippen LogP contribution < -0.4 is 0 Å². The van der Waals surface area contributed by atoms with Crippen molar-refractivity contribution >= 4 is 5.97 Å². The molecule has 0 heterocycles. The third-order valence-corrected chi connectivity index (χ3v) is 4.70. The van der Waals surface area contributed by atoms with Gasteiger partial charge in [0.15, 0.2) is 0 Å². The van der Waals surface area contributed by atoms with Crippen LogP contribution in [0.5, 0.6) is 0 Å². The first-order valence-electron chi connectivity index (χ1n) is 9.14. The zero-order chi connectivity index (χ0) is 19.3. The number of carbonyl (C=O) groups is 1. The van der Waals surface area contributed by atoms with Gasteiger partial charge < -0.3 is 9.84 Å². The van der Waals surface area contributed by atoms with E-state index in [1.54, 1.807) is 6.92 Å². The molecule has 0 aliphatic heterocycles. The molecule has 1 unspecified atom stereocenters. The van der Waals surface area contributed by atoms with E-state index in [4.69, 9.17) is 4.74 Å². The fraction of sp³-hybridized carbons (Fsp3) is 0.208. The van der Waals surface area contributed by atoms with Gasteiger partial charge in [0.2, 0.25) is 0 Å². The Hall–Kier alpha value is -2.91. The molecule has 0 aliphatic carbocycles. The second-order valence-electron chi connectivity index (χ2n) is 6.65. The first-order valence-corrected chi connectivity index (χ1v) is 9.14. The molecule has 27 heavy (non-hydrogen) atoms. The van der Waals surface area contributed by atoms with Crippen molar-refractivity contribution in [1.29, 1.82) is 0 Å². The van der Waals surface area contributed by atoms with E-state index in [2.05, 4.69) is 0 Å². The van der Waals surface area contributed by atoms with Gasteiger partial charge >= 0.3 is 5.97 Å². The Bertz CT molecular complexity index is 883. The van der Waals surface area contributed by atoms with Crippen LogP contribution in [-0.4, -0.2) is 17.7 Å². The number of hydrogen-bond donors (Lipinski definition) is 1. The molecule has 0 radical (unpaired) electrons. The van der Waals surface area contributed by atoms with Gasteiger partial charge in [-0.25, -0.2) is 0 Å². The molecular weight excluding hydrogens is 336 g/mol. The van der Waals surface area contributed by atoms with Crippen LogP contribution in [0.4, 0.5) is 0 Å². The number of aliphatic hydroxyl groups is 1. The largest absolute Gasteiger partial charge is 0.466 e. The maximum Gasteiger partial charge on any atom is 0.309 e. The normalized spacial score (nSPS) is 13.0. The number of benzene rings is 3.